The van der Waals surface area contributed by atoms with E-state index in [1.165, 1.54) is 3.57 Å². The van der Waals surface area contributed by atoms with Crippen LogP contribution in [0.4, 0.5) is 0 Å². The average molecular weight is 768 g/mol. The van der Waals surface area contributed by atoms with Crippen molar-refractivity contribution in [2.75, 3.05) is 0 Å². The molecular formula is C23H13ClI3NO3. The van der Waals surface area contributed by atoms with Gasteiger partial charge in [0.15, 0.2) is 5.70 Å². The Balaban J connectivity index is 1.58. The first-order chi connectivity index (χ1) is 14.9. The predicted octanol–water partition coefficient (Wildman–Crippen LogP) is 7.08. The Morgan fingerprint density at radius 2 is 1.65 bits per heavy atom. The highest BCUT2D eigenvalue weighted by Gasteiger charge is 2.25. The average Bonchev–Trinajstić information content (AvgIpc) is 3.09. The zero-order valence-electron chi connectivity index (χ0n) is 15.7. The molecule has 0 radical (unpaired) electrons. The first-order valence-corrected chi connectivity index (χ1v) is 12.7. The maximum atomic E-state index is 12.3. The van der Waals surface area contributed by atoms with Gasteiger partial charge in [-0.25, -0.2) is 9.79 Å². The van der Waals surface area contributed by atoms with Crippen LogP contribution in [-0.4, -0.2) is 11.9 Å². The van der Waals surface area contributed by atoms with E-state index >= 15 is 0 Å². The van der Waals surface area contributed by atoms with Crippen LogP contribution in [0.15, 0.2) is 71.4 Å². The quantitative estimate of drug-likeness (QED) is 0.159. The lowest BCUT2D eigenvalue weighted by Gasteiger charge is -2.12. The highest BCUT2D eigenvalue weighted by molar-refractivity contribution is 14.1. The van der Waals surface area contributed by atoms with E-state index in [0.29, 0.717) is 17.2 Å². The van der Waals surface area contributed by atoms with Gasteiger partial charge in [0.05, 0.1) is 17.7 Å². The van der Waals surface area contributed by atoms with Crippen LogP contribution in [0.25, 0.3) is 6.08 Å². The highest BCUT2D eigenvalue weighted by atomic mass is 127. The summed E-state index contributed by atoms with van der Waals surface area (Å²) in [6.07, 6.45) is 1.71. The Hall–Kier alpha value is -1.18. The molecule has 0 amide bonds. The number of carbonyl (C=O) groups excluding carboxylic acids is 1. The van der Waals surface area contributed by atoms with E-state index in [1.54, 1.807) is 18.2 Å². The molecule has 4 rings (SSSR count). The SMILES string of the molecule is O=C1OC(c2ccccc2Cl)=N/C1=C\c1cc(I)c(OCc2ccccc2I)c(I)c1. The molecule has 0 N–H and O–H groups in total. The number of halogens is 4. The van der Waals surface area contributed by atoms with Crippen molar-refractivity contribution in [3.05, 3.63) is 98.8 Å². The van der Waals surface area contributed by atoms with Gasteiger partial charge in [-0.3, -0.25) is 0 Å². The van der Waals surface area contributed by atoms with Crippen LogP contribution in [0, 0.1) is 10.7 Å². The normalized spacial score (nSPS) is 14.5. The lowest BCUT2D eigenvalue weighted by atomic mass is 10.2. The summed E-state index contributed by atoms with van der Waals surface area (Å²) < 4.78 is 14.5. The first-order valence-electron chi connectivity index (χ1n) is 9.05. The summed E-state index contributed by atoms with van der Waals surface area (Å²) in [5.41, 5.74) is 2.79. The van der Waals surface area contributed by atoms with Crippen LogP contribution in [-0.2, 0) is 16.1 Å². The van der Waals surface area contributed by atoms with Gasteiger partial charge in [0.2, 0.25) is 5.90 Å². The minimum atomic E-state index is -0.501. The third kappa shape index (κ3) is 5.42. The Bertz CT molecular complexity index is 1220. The molecule has 0 aromatic heterocycles. The molecule has 0 atom stereocenters. The standard InChI is InChI=1S/C23H13ClI3NO3/c24-16-7-3-2-6-15(16)22-28-20(23(29)31-22)11-13-9-18(26)21(19(27)10-13)30-12-14-5-1-4-8-17(14)25/h1-11H,12H2/b20-11-. The summed E-state index contributed by atoms with van der Waals surface area (Å²) in [5.74, 6) is 0.528. The molecule has 0 fully saturated rings. The van der Waals surface area contributed by atoms with Gasteiger partial charge in [-0.15, -0.1) is 0 Å². The Labute approximate surface area is 225 Å². The molecule has 0 saturated carbocycles. The second-order valence-corrected chi connectivity index (χ2v) is 10.4. The van der Waals surface area contributed by atoms with Crippen molar-refractivity contribution in [1.29, 1.82) is 0 Å². The van der Waals surface area contributed by atoms with Gasteiger partial charge >= 0.3 is 5.97 Å². The van der Waals surface area contributed by atoms with Crippen LogP contribution in [0.2, 0.25) is 5.02 Å². The van der Waals surface area contributed by atoms with Gasteiger partial charge in [0, 0.05) is 9.13 Å². The number of hydrogen-bond acceptors (Lipinski definition) is 4. The van der Waals surface area contributed by atoms with E-state index in [0.717, 1.165) is 24.0 Å². The number of carbonyl (C=O) groups is 1. The summed E-state index contributed by atoms with van der Waals surface area (Å²) in [5, 5.41) is 0.481. The van der Waals surface area contributed by atoms with Crippen LogP contribution in [0.5, 0.6) is 5.75 Å². The van der Waals surface area contributed by atoms with Crippen molar-refractivity contribution in [3.8, 4) is 5.75 Å². The molecule has 3 aromatic rings. The highest BCUT2D eigenvalue weighted by Crippen LogP contribution is 2.32. The third-order valence-electron chi connectivity index (χ3n) is 4.38. The van der Waals surface area contributed by atoms with Gasteiger partial charge in [0.1, 0.15) is 12.4 Å². The summed E-state index contributed by atoms with van der Waals surface area (Å²) >= 11 is 13.0. The Morgan fingerprint density at radius 1 is 0.968 bits per heavy atom. The molecule has 0 bridgehead atoms. The summed E-state index contributed by atoms with van der Waals surface area (Å²) in [4.78, 5) is 16.7. The van der Waals surface area contributed by atoms with E-state index in [1.807, 2.05) is 36.4 Å². The summed E-state index contributed by atoms with van der Waals surface area (Å²) in [6.45, 7) is 0.489. The molecule has 0 spiro atoms. The summed E-state index contributed by atoms with van der Waals surface area (Å²) in [6, 6.07) is 19.2. The van der Waals surface area contributed by atoms with Crippen LogP contribution in [0.3, 0.4) is 0 Å². The molecule has 1 heterocycles. The molecule has 3 aromatic carbocycles. The Kier molecular flexibility index (Phi) is 7.55. The fraction of sp³-hybridized carbons (Fsp3) is 0.0435. The number of rotatable bonds is 5. The van der Waals surface area contributed by atoms with Crippen molar-refractivity contribution in [2.24, 2.45) is 4.99 Å². The van der Waals surface area contributed by atoms with Gasteiger partial charge in [-0.1, -0.05) is 41.9 Å². The number of ether oxygens (including phenoxy) is 2. The molecule has 156 valence electrons. The lowest BCUT2D eigenvalue weighted by molar-refractivity contribution is -0.129. The fourth-order valence-corrected chi connectivity index (χ4v) is 5.77. The molecule has 0 aliphatic carbocycles. The number of aliphatic imine (C=N–C) groups is 1. The summed E-state index contributed by atoms with van der Waals surface area (Å²) in [7, 11) is 0. The van der Waals surface area contributed by atoms with Crippen molar-refractivity contribution >= 4 is 97.3 Å². The number of hydrogen-bond donors (Lipinski definition) is 0. The lowest BCUT2D eigenvalue weighted by Crippen LogP contribution is -2.05. The largest absolute Gasteiger partial charge is 0.487 e. The van der Waals surface area contributed by atoms with Crippen LogP contribution < -0.4 is 4.74 Å². The van der Waals surface area contributed by atoms with E-state index in [4.69, 9.17) is 21.1 Å². The maximum absolute atomic E-state index is 12.3. The molecule has 31 heavy (non-hydrogen) atoms. The van der Waals surface area contributed by atoms with Crippen LogP contribution in [0.1, 0.15) is 16.7 Å². The molecule has 1 aliphatic heterocycles. The van der Waals surface area contributed by atoms with Crippen LogP contribution >= 0.6 is 79.4 Å². The van der Waals surface area contributed by atoms with E-state index in [-0.39, 0.29) is 11.6 Å². The first kappa shape index (κ1) is 23.0. The topological polar surface area (TPSA) is 47.9 Å². The monoisotopic (exact) mass is 767 g/mol. The third-order valence-corrected chi connectivity index (χ3v) is 7.36. The van der Waals surface area contributed by atoms with E-state index in [2.05, 4.69) is 84.9 Å². The van der Waals surface area contributed by atoms with Crippen molar-refractivity contribution in [2.45, 2.75) is 6.61 Å². The zero-order valence-corrected chi connectivity index (χ0v) is 23.0. The zero-order chi connectivity index (χ0) is 22.0. The van der Waals surface area contributed by atoms with Crippen molar-refractivity contribution in [3.63, 3.8) is 0 Å². The van der Waals surface area contributed by atoms with E-state index < -0.39 is 5.97 Å². The smallest absolute Gasteiger partial charge is 0.363 e. The predicted molar refractivity (Wildman–Crippen MR) is 147 cm³/mol. The number of benzene rings is 3. The van der Waals surface area contributed by atoms with E-state index in [9.17, 15) is 4.79 Å². The minimum absolute atomic E-state index is 0.212. The van der Waals surface area contributed by atoms with Gasteiger partial charge in [-0.2, -0.15) is 0 Å². The molecule has 0 saturated heterocycles. The molecule has 8 heteroatoms. The van der Waals surface area contributed by atoms with Gasteiger partial charge < -0.3 is 9.47 Å². The van der Waals surface area contributed by atoms with Gasteiger partial charge in [0.25, 0.3) is 0 Å². The molecule has 1 aliphatic rings. The minimum Gasteiger partial charge on any atom is -0.487 e. The number of nitrogens with zero attached hydrogens (tertiary/aromatic N) is 1. The number of esters is 1. The Morgan fingerprint density at radius 3 is 2.35 bits per heavy atom. The molecule has 4 nitrogen and oxygen atoms in total. The van der Waals surface area contributed by atoms with Gasteiger partial charge in [-0.05, 0) is 110 Å². The second-order valence-electron chi connectivity index (χ2n) is 6.51. The van der Waals surface area contributed by atoms with Crippen molar-refractivity contribution in [1.82, 2.24) is 0 Å². The second kappa shape index (κ2) is 10.2. The molecular weight excluding hydrogens is 754 g/mol. The fourth-order valence-electron chi connectivity index (χ4n) is 2.88. The number of cyclic esters (lactones) is 1. The van der Waals surface area contributed by atoms with Crippen molar-refractivity contribution < 1.29 is 14.3 Å². The maximum Gasteiger partial charge on any atom is 0.363 e. The molecule has 0 unspecified atom stereocenters.